The van der Waals surface area contributed by atoms with E-state index in [4.69, 9.17) is 4.74 Å². The Morgan fingerprint density at radius 1 is 1.41 bits per heavy atom. The van der Waals surface area contributed by atoms with E-state index in [9.17, 15) is 4.79 Å². The Morgan fingerprint density at radius 2 is 2.06 bits per heavy atom. The molecule has 4 heteroatoms. The van der Waals surface area contributed by atoms with Crippen molar-refractivity contribution in [3.05, 3.63) is 23.9 Å². The van der Waals surface area contributed by atoms with E-state index in [0.717, 1.165) is 5.56 Å². The van der Waals surface area contributed by atoms with E-state index in [2.05, 4.69) is 25.8 Å². The number of hydrogen-bond acceptors (Lipinski definition) is 3. The first-order chi connectivity index (χ1) is 7.80. The fourth-order valence-corrected chi connectivity index (χ4v) is 1.22. The minimum Gasteiger partial charge on any atom is -0.468 e. The Bertz CT molecular complexity index is 395. The van der Waals surface area contributed by atoms with Gasteiger partial charge in [-0.25, -0.2) is 4.98 Å². The van der Waals surface area contributed by atoms with Gasteiger partial charge < -0.3 is 9.64 Å². The van der Waals surface area contributed by atoms with Gasteiger partial charge in [-0.2, -0.15) is 0 Å². The topological polar surface area (TPSA) is 42.4 Å². The molecule has 0 aliphatic heterocycles. The fourth-order valence-electron chi connectivity index (χ4n) is 1.22. The highest BCUT2D eigenvalue weighted by Crippen LogP contribution is 2.23. The van der Waals surface area contributed by atoms with Crippen LogP contribution in [-0.2, 0) is 10.2 Å². The number of likely N-dealkylation sites (N-methyl/N-ethyl adjacent to an activating group) is 1. The standard InChI is InChI=1S/C13H20N2O2/c1-13(2,3)10-6-7-14-11(8-10)17-9-12(16)15(4)5/h6-8H,9H2,1-5H3. The summed E-state index contributed by atoms with van der Waals surface area (Å²) in [7, 11) is 3.40. The second-order valence-electron chi connectivity index (χ2n) is 5.21. The van der Waals surface area contributed by atoms with E-state index in [1.54, 1.807) is 20.3 Å². The lowest BCUT2D eigenvalue weighted by Crippen LogP contribution is -2.27. The van der Waals surface area contributed by atoms with Crippen molar-refractivity contribution in [2.75, 3.05) is 20.7 Å². The molecule has 1 rings (SSSR count). The van der Waals surface area contributed by atoms with E-state index >= 15 is 0 Å². The SMILES string of the molecule is CN(C)C(=O)COc1cc(C(C)(C)C)ccn1. The van der Waals surface area contributed by atoms with Gasteiger partial charge in [0.2, 0.25) is 5.88 Å². The zero-order chi connectivity index (χ0) is 13.1. The van der Waals surface area contributed by atoms with Crippen LogP contribution in [0.15, 0.2) is 18.3 Å². The van der Waals surface area contributed by atoms with E-state index in [1.807, 2.05) is 12.1 Å². The quantitative estimate of drug-likeness (QED) is 0.804. The third kappa shape index (κ3) is 4.06. The molecule has 94 valence electrons. The van der Waals surface area contributed by atoms with E-state index in [1.165, 1.54) is 4.90 Å². The van der Waals surface area contributed by atoms with E-state index < -0.39 is 0 Å². The van der Waals surface area contributed by atoms with Crippen molar-refractivity contribution >= 4 is 5.91 Å². The average Bonchev–Trinajstić information content (AvgIpc) is 2.25. The van der Waals surface area contributed by atoms with Gasteiger partial charge in [-0.15, -0.1) is 0 Å². The summed E-state index contributed by atoms with van der Waals surface area (Å²) in [5.41, 5.74) is 1.19. The Morgan fingerprint density at radius 3 is 2.59 bits per heavy atom. The molecule has 1 aromatic rings. The summed E-state index contributed by atoms with van der Waals surface area (Å²) in [6, 6.07) is 3.84. The van der Waals surface area contributed by atoms with Crippen LogP contribution in [0.2, 0.25) is 0 Å². The number of nitrogens with zero attached hydrogens (tertiary/aromatic N) is 2. The lowest BCUT2D eigenvalue weighted by molar-refractivity contribution is -0.130. The van der Waals surface area contributed by atoms with Crippen LogP contribution < -0.4 is 4.74 Å². The Labute approximate surface area is 103 Å². The number of carbonyl (C=O) groups is 1. The van der Waals surface area contributed by atoms with Crippen molar-refractivity contribution in [2.24, 2.45) is 0 Å². The van der Waals surface area contributed by atoms with Crippen LogP contribution in [-0.4, -0.2) is 36.5 Å². The Kier molecular flexibility index (Phi) is 4.10. The fraction of sp³-hybridized carbons (Fsp3) is 0.538. The van der Waals surface area contributed by atoms with Crippen LogP contribution in [0.25, 0.3) is 0 Å². The molecule has 17 heavy (non-hydrogen) atoms. The summed E-state index contributed by atoms with van der Waals surface area (Å²) in [6.07, 6.45) is 1.70. The van der Waals surface area contributed by atoms with Crippen LogP contribution in [0.5, 0.6) is 5.88 Å². The molecule has 4 nitrogen and oxygen atoms in total. The molecule has 0 saturated heterocycles. The van der Waals surface area contributed by atoms with Crippen LogP contribution >= 0.6 is 0 Å². The van der Waals surface area contributed by atoms with Gasteiger partial charge in [0.05, 0.1) is 0 Å². The van der Waals surface area contributed by atoms with Gasteiger partial charge in [0.25, 0.3) is 5.91 Å². The summed E-state index contributed by atoms with van der Waals surface area (Å²) >= 11 is 0. The molecule has 0 bridgehead atoms. The predicted molar refractivity (Wildman–Crippen MR) is 67.1 cm³/mol. The second kappa shape index (κ2) is 5.17. The van der Waals surface area contributed by atoms with Crippen molar-refractivity contribution in [1.29, 1.82) is 0 Å². The first kappa shape index (κ1) is 13.5. The molecule has 0 aliphatic carbocycles. The van der Waals surface area contributed by atoms with Crippen LogP contribution in [0.4, 0.5) is 0 Å². The highest BCUT2D eigenvalue weighted by Gasteiger charge is 2.15. The van der Waals surface area contributed by atoms with Gasteiger partial charge >= 0.3 is 0 Å². The van der Waals surface area contributed by atoms with Crippen molar-refractivity contribution < 1.29 is 9.53 Å². The summed E-state index contributed by atoms with van der Waals surface area (Å²) in [6.45, 7) is 6.39. The predicted octanol–water partition coefficient (Wildman–Crippen LogP) is 1.85. The van der Waals surface area contributed by atoms with Crippen LogP contribution in [0, 0.1) is 0 Å². The Hall–Kier alpha value is -1.58. The van der Waals surface area contributed by atoms with Gasteiger partial charge in [-0.05, 0) is 17.0 Å². The molecule has 0 radical (unpaired) electrons. The zero-order valence-electron chi connectivity index (χ0n) is 11.2. The lowest BCUT2D eigenvalue weighted by atomic mass is 9.88. The normalized spacial score (nSPS) is 11.1. The average molecular weight is 236 g/mol. The molecule has 0 N–H and O–H groups in total. The van der Waals surface area contributed by atoms with Gasteiger partial charge in [0.15, 0.2) is 6.61 Å². The maximum Gasteiger partial charge on any atom is 0.260 e. The highest BCUT2D eigenvalue weighted by atomic mass is 16.5. The maximum atomic E-state index is 11.4. The summed E-state index contributed by atoms with van der Waals surface area (Å²) < 4.78 is 5.36. The molecule has 1 aromatic heterocycles. The maximum absolute atomic E-state index is 11.4. The van der Waals surface area contributed by atoms with Gasteiger partial charge in [-0.1, -0.05) is 20.8 Å². The van der Waals surface area contributed by atoms with E-state index in [0.29, 0.717) is 5.88 Å². The minimum atomic E-state index is -0.0760. The molecule has 0 spiro atoms. The van der Waals surface area contributed by atoms with Gasteiger partial charge in [0.1, 0.15) is 0 Å². The third-order valence-corrected chi connectivity index (χ3v) is 2.44. The number of aromatic nitrogens is 1. The number of amides is 1. The molecule has 0 atom stereocenters. The molecular formula is C13H20N2O2. The summed E-state index contributed by atoms with van der Waals surface area (Å²) in [5.74, 6) is 0.417. The van der Waals surface area contributed by atoms with Crippen LogP contribution in [0.3, 0.4) is 0 Å². The van der Waals surface area contributed by atoms with E-state index in [-0.39, 0.29) is 17.9 Å². The lowest BCUT2D eigenvalue weighted by Gasteiger charge is -2.19. The third-order valence-electron chi connectivity index (χ3n) is 2.44. The molecule has 0 aromatic carbocycles. The molecule has 0 aliphatic rings. The molecule has 1 amide bonds. The number of pyridine rings is 1. The molecule has 0 unspecified atom stereocenters. The molecular weight excluding hydrogens is 216 g/mol. The highest BCUT2D eigenvalue weighted by molar-refractivity contribution is 5.77. The van der Waals surface area contributed by atoms with Crippen molar-refractivity contribution in [2.45, 2.75) is 26.2 Å². The first-order valence-corrected chi connectivity index (χ1v) is 5.60. The summed E-state index contributed by atoms with van der Waals surface area (Å²) in [5, 5.41) is 0. The largest absolute Gasteiger partial charge is 0.468 e. The summed E-state index contributed by atoms with van der Waals surface area (Å²) in [4.78, 5) is 17.0. The number of ether oxygens (including phenoxy) is 1. The number of carbonyl (C=O) groups excluding carboxylic acids is 1. The van der Waals surface area contributed by atoms with Crippen molar-refractivity contribution in [1.82, 2.24) is 9.88 Å². The Balaban J connectivity index is 2.70. The minimum absolute atomic E-state index is 0.0214. The molecule has 0 fully saturated rings. The van der Waals surface area contributed by atoms with Crippen molar-refractivity contribution in [3.63, 3.8) is 0 Å². The van der Waals surface area contributed by atoms with Crippen LogP contribution in [0.1, 0.15) is 26.3 Å². The van der Waals surface area contributed by atoms with Gasteiger partial charge in [0, 0.05) is 26.4 Å². The second-order valence-corrected chi connectivity index (χ2v) is 5.21. The number of rotatable bonds is 3. The smallest absolute Gasteiger partial charge is 0.260 e. The zero-order valence-corrected chi connectivity index (χ0v) is 11.2. The molecule has 0 saturated carbocycles. The van der Waals surface area contributed by atoms with Gasteiger partial charge in [-0.3, -0.25) is 4.79 Å². The first-order valence-electron chi connectivity index (χ1n) is 5.60. The molecule has 1 heterocycles. The van der Waals surface area contributed by atoms with Crippen molar-refractivity contribution in [3.8, 4) is 5.88 Å². The number of hydrogen-bond donors (Lipinski definition) is 0. The monoisotopic (exact) mass is 236 g/mol.